The van der Waals surface area contributed by atoms with Gasteiger partial charge in [0.05, 0.1) is 11.8 Å². The van der Waals surface area contributed by atoms with Crippen LogP contribution in [0.25, 0.3) is 0 Å². The molecule has 0 saturated heterocycles. The van der Waals surface area contributed by atoms with Gasteiger partial charge in [-0.3, -0.25) is 9.59 Å². The second kappa shape index (κ2) is 5.38. The Kier molecular flexibility index (Phi) is 5.17. The molecule has 1 rings (SSSR count). The van der Waals surface area contributed by atoms with Crippen LogP contribution in [0.2, 0.25) is 0 Å². The van der Waals surface area contributed by atoms with E-state index in [4.69, 9.17) is 10.2 Å². The van der Waals surface area contributed by atoms with Crippen molar-refractivity contribution < 1.29 is 19.8 Å². The molecular weight excluding hydrogens is 199 g/mol. The maximum Gasteiger partial charge on any atom is 0.307 e. The summed E-state index contributed by atoms with van der Waals surface area (Å²) in [7, 11) is 0. The molecule has 0 aliphatic heterocycles. The van der Waals surface area contributed by atoms with Gasteiger partial charge in [-0.05, 0) is 18.8 Å². The minimum atomic E-state index is -0.973. The summed E-state index contributed by atoms with van der Waals surface area (Å²) < 4.78 is 0. The molecule has 0 aromatic rings. The molecule has 0 amide bonds. The van der Waals surface area contributed by atoms with Crippen LogP contribution in [0.1, 0.15) is 26.2 Å². The first kappa shape index (κ1) is 13.5. The highest BCUT2D eigenvalue weighted by Gasteiger charge is 2.39. The van der Waals surface area contributed by atoms with E-state index in [1.165, 1.54) is 0 Å². The van der Waals surface area contributed by atoms with Crippen LogP contribution in [0.5, 0.6) is 0 Å². The molecule has 0 aromatic carbocycles. The largest absolute Gasteiger partial charge is 0.481 e. The van der Waals surface area contributed by atoms with E-state index in [9.17, 15) is 9.59 Å². The van der Waals surface area contributed by atoms with Gasteiger partial charge in [0.15, 0.2) is 0 Å². The Bertz CT molecular complexity index is 229. The summed E-state index contributed by atoms with van der Waals surface area (Å²) in [4.78, 5) is 21.6. The Morgan fingerprint density at radius 1 is 1.14 bits per heavy atom. The Morgan fingerprint density at radius 2 is 1.71 bits per heavy atom. The molecule has 0 heterocycles. The van der Waals surface area contributed by atoms with Gasteiger partial charge in [-0.1, -0.05) is 13.3 Å². The summed E-state index contributed by atoms with van der Waals surface area (Å²) in [5.74, 6) is -3.36. The van der Waals surface area contributed by atoms with Crippen molar-refractivity contribution in [2.75, 3.05) is 0 Å². The van der Waals surface area contributed by atoms with Gasteiger partial charge in [-0.2, -0.15) is 0 Å². The molecule has 0 bridgehead atoms. The lowest BCUT2D eigenvalue weighted by Crippen LogP contribution is -2.37. The normalized spacial score (nSPS) is 31.6. The highest BCUT2D eigenvalue weighted by atomic mass is 27.0. The minimum Gasteiger partial charge on any atom is -0.481 e. The maximum absolute atomic E-state index is 10.8. The topological polar surface area (TPSA) is 74.6 Å². The predicted molar refractivity (Wildman–Crippen MR) is 51.0 cm³/mol. The van der Waals surface area contributed by atoms with E-state index in [0.29, 0.717) is 6.42 Å². The average molecular weight is 213 g/mol. The van der Waals surface area contributed by atoms with Crippen LogP contribution in [-0.2, 0) is 9.59 Å². The van der Waals surface area contributed by atoms with Crippen molar-refractivity contribution in [2.45, 2.75) is 26.2 Å². The third-order valence-corrected chi connectivity index (χ3v) is 2.82. The van der Waals surface area contributed by atoms with Crippen LogP contribution >= 0.6 is 0 Å². The van der Waals surface area contributed by atoms with Crippen LogP contribution in [0.4, 0.5) is 0 Å². The molecule has 1 aliphatic carbocycles. The van der Waals surface area contributed by atoms with Gasteiger partial charge in [-0.15, -0.1) is 0 Å². The van der Waals surface area contributed by atoms with Crippen LogP contribution in [-0.4, -0.2) is 39.5 Å². The lowest BCUT2D eigenvalue weighted by molar-refractivity contribution is -0.158. The molecule has 77 valence electrons. The highest BCUT2D eigenvalue weighted by Crippen LogP contribution is 2.34. The summed E-state index contributed by atoms with van der Waals surface area (Å²) in [6.07, 6.45) is 2.14. The number of aliphatic carboxylic acids is 2. The fourth-order valence-electron chi connectivity index (χ4n) is 2.11. The van der Waals surface area contributed by atoms with Crippen molar-refractivity contribution in [3.05, 3.63) is 0 Å². The van der Waals surface area contributed by atoms with Crippen LogP contribution in [0, 0.1) is 17.8 Å². The van der Waals surface area contributed by atoms with Crippen LogP contribution in [0.15, 0.2) is 0 Å². The van der Waals surface area contributed by atoms with E-state index in [0.717, 1.165) is 12.8 Å². The summed E-state index contributed by atoms with van der Waals surface area (Å²) in [6, 6.07) is 0. The van der Waals surface area contributed by atoms with Crippen molar-refractivity contribution >= 4 is 29.3 Å². The number of carbonyl (C=O) groups is 2. The first-order chi connectivity index (χ1) is 6.04. The summed E-state index contributed by atoms with van der Waals surface area (Å²) in [5.41, 5.74) is 0. The maximum atomic E-state index is 10.8. The van der Waals surface area contributed by atoms with Gasteiger partial charge >= 0.3 is 11.9 Å². The molecule has 4 nitrogen and oxygen atoms in total. The monoisotopic (exact) mass is 213 g/mol. The van der Waals surface area contributed by atoms with Gasteiger partial charge in [-0.25, -0.2) is 0 Å². The molecule has 3 atom stereocenters. The molecule has 2 N–H and O–H groups in total. The SMILES string of the molecule is CC1CCCC(C(=O)O)C1C(=O)O.[Al]. The summed E-state index contributed by atoms with van der Waals surface area (Å²) >= 11 is 0. The van der Waals surface area contributed by atoms with E-state index in [-0.39, 0.29) is 23.3 Å². The van der Waals surface area contributed by atoms with Gasteiger partial charge in [0.2, 0.25) is 0 Å². The van der Waals surface area contributed by atoms with Crippen molar-refractivity contribution in [1.29, 1.82) is 0 Å². The van der Waals surface area contributed by atoms with E-state index < -0.39 is 23.8 Å². The van der Waals surface area contributed by atoms with Crippen molar-refractivity contribution in [3.8, 4) is 0 Å². The zero-order valence-electron chi connectivity index (χ0n) is 8.14. The zero-order chi connectivity index (χ0) is 10.0. The van der Waals surface area contributed by atoms with Crippen molar-refractivity contribution in [3.63, 3.8) is 0 Å². The number of hydrogen-bond donors (Lipinski definition) is 2. The molecule has 14 heavy (non-hydrogen) atoms. The minimum absolute atomic E-state index is 0. The molecule has 1 saturated carbocycles. The molecule has 0 spiro atoms. The van der Waals surface area contributed by atoms with Gasteiger partial charge in [0, 0.05) is 17.4 Å². The molecule has 5 heteroatoms. The Balaban J connectivity index is 0.00000169. The number of rotatable bonds is 2. The first-order valence-electron chi connectivity index (χ1n) is 4.49. The second-order valence-corrected chi connectivity index (χ2v) is 3.72. The fourth-order valence-corrected chi connectivity index (χ4v) is 2.11. The molecule has 3 unspecified atom stereocenters. The smallest absolute Gasteiger partial charge is 0.307 e. The lowest BCUT2D eigenvalue weighted by atomic mass is 9.73. The number of carboxylic acid groups (broad SMARTS) is 2. The molecule has 0 aromatic heterocycles. The molecule has 1 aliphatic rings. The van der Waals surface area contributed by atoms with Crippen molar-refractivity contribution in [1.82, 2.24) is 0 Å². The van der Waals surface area contributed by atoms with Crippen LogP contribution in [0.3, 0.4) is 0 Å². The third-order valence-electron chi connectivity index (χ3n) is 2.82. The number of hydrogen-bond acceptors (Lipinski definition) is 2. The second-order valence-electron chi connectivity index (χ2n) is 3.72. The molecular formula is C9H14AlO4. The first-order valence-corrected chi connectivity index (χ1v) is 4.49. The molecule has 1 fully saturated rings. The Morgan fingerprint density at radius 3 is 2.07 bits per heavy atom. The summed E-state index contributed by atoms with van der Waals surface area (Å²) in [6.45, 7) is 1.81. The molecule has 3 radical (unpaired) electrons. The fraction of sp³-hybridized carbons (Fsp3) is 0.778. The Hall–Kier alpha value is -0.528. The quantitative estimate of drug-likeness (QED) is 0.666. The van der Waals surface area contributed by atoms with E-state index >= 15 is 0 Å². The van der Waals surface area contributed by atoms with E-state index in [1.54, 1.807) is 0 Å². The van der Waals surface area contributed by atoms with Gasteiger partial charge in [0.1, 0.15) is 0 Å². The summed E-state index contributed by atoms with van der Waals surface area (Å²) in [5, 5.41) is 17.7. The third kappa shape index (κ3) is 2.73. The lowest BCUT2D eigenvalue weighted by Gasteiger charge is -2.30. The highest BCUT2D eigenvalue weighted by molar-refractivity contribution is 5.80. The number of carboxylic acids is 2. The zero-order valence-corrected chi connectivity index (χ0v) is 9.30. The predicted octanol–water partition coefficient (Wildman–Crippen LogP) is 0.827. The van der Waals surface area contributed by atoms with E-state index in [1.807, 2.05) is 6.92 Å². The van der Waals surface area contributed by atoms with Crippen LogP contribution < -0.4 is 0 Å². The Labute approximate surface area is 93.4 Å². The van der Waals surface area contributed by atoms with Gasteiger partial charge < -0.3 is 10.2 Å². The average Bonchev–Trinajstić information content (AvgIpc) is 2.02. The standard InChI is InChI=1S/C9H14O4.Al/c1-5-3-2-4-6(8(10)11)7(5)9(12)13;/h5-7H,2-4H2,1H3,(H,10,11)(H,12,13);. The van der Waals surface area contributed by atoms with Crippen molar-refractivity contribution in [2.24, 2.45) is 17.8 Å². The van der Waals surface area contributed by atoms with E-state index in [2.05, 4.69) is 0 Å². The van der Waals surface area contributed by atoms with Gasteiger partial charge in [0.25, 0.3) is 0 Å².